The van der Waals surface area contributed by atoms with Crippen LogP contribution in [0.25, 0.3) is 0 Å². The summed E-state index contributed by atoms with van der Waals surface area (Å²) in [6.07, 6.45) is 1.49. The molecule has 0 bridgehead atoms. The number of carbonyl (C=O) groups excluding carboxylic acids is 2. The Hall–Kier alpha value is -2.10. The number of hydrogen-bond donors (Lipinski definition) is 0. The van der Waals surface area contributed by atoms with Crippen molar-refractivity contribution in [2.24, 2.45) is 0 Å². The molecule has 0 radical (unpaired) electrons. The van der Waals surface area contributed by atoms with Crippen molar-refractivity contribution in [2.75, 3.05) is 20.7 Å². The van der Waals surface area contributed by atoms with Crippen molar-refractivity contribution in [3.8, 4) is 0 Å². The van der Waals surface area contributed by atoms with Crippen molar-refractivity contribution < 1.29 is 14.3 Å². The summed E-state index contributed by atoms with van der Waals surface area (Å²) in [5.74, 6) is -0.908. The Morgan fingerprint density at radius 3 is 2.24 bits per heavy atom. The van der Waals surface area contributed by atoms with Gasteiger partial charge in [-0.25, -0.2) is 4.79 Å². The van der Waals surface area contributed by atoms with Gasteiger partial charge in [0.05, 0.1) is 6.61 Å². The first-order valence-corrected chi connectivity index (χ1v) is 7.13. The van der Waals surface area contributed by atoms with E-state index in [9.17, 15) is 9.59 Å². The fourth-order valence-corrected chi connectivity index (χ4v) is 1.64. The van der Waals surface area contributed by atoms with Crippen LogP contribution in [-0.2, 0) is 9.53 Å². The van der Waals surface area contributed by atoms with Crippen LogP contribution in [0.15, 0.2) is 36.0 Å². The maximum atomic E-state index is 12.4. The SMILES string of the molecule is CC.CCOC(=O)/C(=C/N(C)C)C(=O)c1ccccc1C. The van der Waals surface area contributed by atoms with Crippen LogP contribution in [-0.4, -0.2) is 37.4 Å². The zero-order valence-electron chi connectivity index (χ0n) is 13.8. The molecule has 0 aliphatic carbocycles. The van der Waals surface area contributed by atoms with E-state index >= 15 is 0 Å². The number of Topliss-reactive ketones (excluding diaryl/α,β-unsaturated/α-hetero) is 1. The number of nitrogens with zero attached hydrogens (tertiary/aromatic N) is 1. The third kappa shape index (κ3) is 5.81. The van der Waals surface area contributed by atoms with Crippen LogP contribution in [0.1, 0.15) is 36.7 Å². The molecule has 0 heterocycles. The molecule has 0 fully saturated rings. The predicted octanol–water partition coefficient (Wildman–Crippen LogP) is 3.21. The van der Waals surface area contributed by atoms with Crippen molar-refractivity contribution >= 4 is 11.8 Å². The highest BCUT2D eigenvalue weighted by Crippen LogP contribution is 2.14. The van der Waals surface area contributed by atoms with E-state index < -0.39 is 5.97 Å². The topological polar surface area (TPSA) is 46.6 Å². The van der Waals surface area contributed by atoms with E-state index in [-0.39, 0.29) is 18.0 Å². The standard InChI is InChI=1S/C15H19NO3.C2H6/c1-5-19-15(18)13(10-16(3)4)14(17)12-9-7-6-8-11(12)2;1-2/h6-10H,5H2,1-4H3;1-2H3/b13-10+;. The first-order valence-electron chi connectivity index (χ1n) is 7.13. The number of hydrogen-bond acceptors (Lipinski definition) is 4. The number of aryl methyl sites for hydroxylation is 1. The lowest BCUT2D eigenvalue weighted by atomic mass is 9.99. The van der Waals surface area contributed by atoms with Gasteiger partial charge in [-0.1, -0.05) is 38.1 Å². The summed E-state index contributed by atoms with van der Waals surface area (Å²) in [4.78, 5) is 25.9. The fourth-order valence-electron chi connectivity index (χ4n) is 1.64. The Bertz CT molecular complexity index is 505. The van der Waals surface area contributed by atoms with Gasteiger partial charge in [-0.3, -0.25) is 4.79 Å². The molecule has 0 aromatic heterocycles. The molecule has 0 spiro atoms. The first-order chi connectivity index (χ1) is 9.97. The molecule has 0 atom stereocenters. The molecule has 0 saturated heterocycles. The molecule has 1 aromatic carbocycles. The number of ether oxygens (including phenoxy) is 1. The number of ketones is 1. The lowest BCUT2D eigenvalue weighted by Crippen LogP contribution is -2.20. The summed E-state index contributed by atoms with van der Waals surface area (Å²) in [6.45, 7) is 7.79. The summed E-state index contributed by atoms with van der Waals surface area (Å²) in [6, 6.07) is 7.18. The van der Waals surface area contributed by atoms with Gasteiger partial charge in [0, 0.05) is 25.9 Å². The Balaban J connectivity index is 0.00000191. The number of rotatable bonds is 5. The minimum Gasteiger partial charge on any atom is -0.462 e. The number of benzene rings is 1. The molecule has 0 aliphatic rings. The van der Waals surface area contributed by atoms with E-state index in [1.807, 2.05) is 32.9 Å². The molecule has 0 unspecified atom stereocenters. The molecule has 0 aliphatic heterocycles. The van der Waals surface area contributed by atoms with Crippen LogP contribution in [0.3, 0.4) is 0 Å². The summed E-state index contributed by atoms with van der Waals surface area (Å²) in [5, 5.41) is 0. The van der Waals surface area contributed by atoms with E-state index in [0.29, 0.717) is 5.56 Å². The van der Waals surface area contributed by atoms with Crippen molar-refractivity contribution in [1.82, 2.24) is 4.90 Å². The second-order valence-electron chi connectivity index (χ2n) is 4.37. The quantitative estimate of drug-likeness (QED) is 0.275. The maximum Gasteiger partial charge on any atom is 0.343 e. The van der Waals surface area contributed by atoms with Gasteiger partial charge in [-0.05, 0) is 19.4 Å². The molecular formula is C17H25NO3. The largest absolute Gasteiger partial charge is 0.462 e. The molecular weight excluding hydrogens is 266 g/mol. The number of carbonyl (C=O) groups is 2. The van der Waals surface area contributed by atoms with Crippen LogP contribution in [0.2, 0.25) is 0 Å². The lowest BCUT2D eigenvalue weighted by Gasteiger charge is -2.11. The molecule has 4 heteroatoms. The zero-order chi connectivity index (χ0) is 16.4. The molecule has 1 rings (SSSR count). The molecule has 0 N–H and O–H groups in total. The second-order valence-corrected chi connectivity index (χ2v) is 4.37. The van der Waals surface area contributed by atoms with Gasteiger partial charge in [0.1, 0.15) is 5.57 Å². The van der Waals surface area contributed by atoms with E-state index in [1.165, 1.54) is 6.20 Å². The van der Waals surface area contributed by atoms with Gasteiger partial charge in [0.2, 0.25) is 5.78 Å². The fraction of sp³-hybridized carbons (Fsp3) is 0.412. The van der Waals surface area contributed by atoms with E-state index in [4.69, 9.17) is 4.74 Å². The van der Waals surface area contributed by atoms with Crippen LogP contribution in [0.4, 0.5) is 0 Å². The van der Waals surface area contributed by atoms with Crippen molar-refractivity contribution in [1.29, 1.82) is 0 Å². The average Bonchev–Trinajstić information content (AvgIpc) is 2.47. The minimum absolute atomic E-state index is 0.0427. The Morgan fingerprint density at radius 1 is 1.19 bits per heavy atom. The molecule has 21 heavy (non-hydrogen) atoms. The monoisotopic (exact) mass is 291 g/mol. The highest BCUT2D eigenvalue weighted by atomic mass is 16.5. The van der Waals surface area contributed by atoms with Crippen molar-refractivity contribution in [3.05, 3.63) is 47.2 Å². The average molecular weight is 291 g/mol. The van der Waals surface area contributed by atoms with Crippen LogP contribution in [0.5, 0.6) is 0 Å². The van der Waals surface area contributed by atoms with Crippen LogP contribution < -0.4 is 0 Å². The van der Waals surface area contributed by atoms with Gasteiger partial charge >= 0.3 is 5.97 Å². The van der Waals surface area contributed by atoms with Gasteiger partial charge in [0.25, 0.3) is 0 Å². The normalized spacial score (nSPS) is 10.3. The zero-order valence-corrected chi connectivity index (χ0v) is 13.8. The Labute approximate surface area is 127 Å². The second kappa shape index (κ2) is 9.75. The highest BCUT2D eigenvalue weighted by molar-refractivity contribution is 6.24. The number of esters is 1. The van der Waals surface area contributed by atoms with E-state index in [0.717, 1.165) is 5.56 Å². The summed E-state index contributed by atoms with van der Waals surface area (Å²) >= 11 is 0. The van der Waals surface area contributed by atoms with Crippen LogP contribution in [0, 0.1) is 6.92 Å². The van der Waals surface area contributed by atoms with Crippen molar-refractivity contribution in [3.63, 3.8) is 0 Å². The summed E-state index contributed by atoms with van der Waals surface area (Å²) in [5.41, 5.74) is 1.39. The van der Waals surface area contributed by atoms with E-state index in [1.54, 1.807) is 38.1 Å². The molecule has 0 amide bonds. The van der Waals surface area contributed by atoms with Gasteiger partial charge in [-0.2, -0.15) is 0 Å². The van der Waals surface area contributed by atoms with E-state index in [2.05, 4.69) is 0 Å². The predicted molar refractivity (Wildman–Crippen MR) is 85.3 cm³/mol. The van der Waals surface area contributed by atoms with Crippen LogP contribution >= 0.6 is 0 Å². The lowest BCUT2D eigenvalue weighted by molar-refractivity contribution is -0.138. The van der Waals surface area contributed by atoms with Crippen molar-refractivity contribution in [2.45, 2.75) is 27.7 Å². The maximum absolute atomic E-state index is 12.4. The smallest absolute Gasteiger partial charge is 0.343 e. The summed E-state index contributed by atoms with van der Waals surface area (Å²) < 4.78 is 4.93. The Morgan fingerprint density at radius 2 is 1.76 bits per heavy atom. The minimum atomic E-state index is -0.593. The third-order valence-electron chi connectivity index (χ3n) is 2.52. The molecule has 1 aromatic rings. The van der Waals surface area contributed by atoms with Gasteiger partial charge in [-0.15, -0.1) is 0 Å². The highest BCUT2D eigenvalue weighted by Gasteiger charge is 2.22. The third-order valence-corrected chi connectivity index (χ3v) is 2.52. The van der Waals surface area contributed by atoms with Gasteiger partial charge in [0.15, 0.2) is 0 Å². The molecule has 116 valence electrons. The van der Waals surface area contributed by atoms with Gasteiger partial charge < -0.3 is 9.64 Å². The molecule has 0 saturated carbocycles. The molecule has 4 nitrogen and oxygen atoms in total. The summed E-state index contributed by atoms with van der Waals surface area (Å²) in [7, 11) is 3.51. The first kappa shape index (κ1) is 18.9. The Kier molecular flexibility index (Phi) is 8.77.